The molecule has 2 atom stereocenters. The van der Waals surface area contributed by atoms with Crippen LogP contribution in [0.4, 0.5) is 5.69 Å². The summed E-state index contributed by atoms with van der Waals surface area (Å²) in [6.45, 7) is 4.51. The fourth-order valence-corrected chi connectivity index (χ4v) is 3.17. The minimum absolute atomic E-state index is 0.688. The molecule has 0 saturated heterocycles. The Hall–Kier alpha value is -0.980. The third kappa shape index (κ3) is 3.76. The van der Waals surface area contributed by atoms with Gasteiger partial charge in [-0.15, -0.1) is 0 Å². The molecule has 0 aromatic heterocycles. The van der Waals surface area contributed by atoms with Crippen molar-refractivity contribution in [1.82, 2.24) is 0 Å². The van der Waals surface area contributed by atoms with Crippen LogP contribution in [0, 0.1) is 12.8 Å². The Balaban J connectivity index is 1.89. The Morgan fingerprint density at radius 1 is 1.11 bits per heavy atom. The van der Waals surface area contributed by atoms with Gasteiger partial charge in [-0.3, -0.25) is 0 Å². The molecule has 100 valence electrons. The number of aryl methyl sites for hydroxylation is 1. The van der Waals surface area contributed by atoms with Crippen LogP contribution in [0.3, 0.4) is 0 Å². The largest absolute Gasteiger partial charge is 0.382 e. The number of anilines is 1. The summed E-state index contributed by atoms with van der Waals surface area (Å²) in [7, 11) is 0. The van der Waals surface area contributed by atoms with Crippen LogP contribution in [-0.4, -0.2) is 6.04 Å². The number of benzene rings is 1. The van der Waals surface area contributed by atoms with Gasteiger partial charge in [-0.1, -0.05) is 50.8 Å². The highest BCUT2D eigenvalue weighted by Gasteiger charge is 2.18. The van der Waals surface area contributed by atoms with Gasteiger partial charge in [0.2, 0.25) is 0 Å². The van der Waals surface area contributed by atoms with Crippen molar-refractivity contribution in [2.24, 2.45) is 5.92 Å². The van der Waals surface area contributed by atoms with E-state index in [1.165, 1.54) is 56.2 Å². The van der Waals surface area contributed by atoms with Crippen molar-refractivity contribution in [1.29, 1.82) is 0 Å². The molecule has 0 radical (unpaired) electrons. The predicted octanol–water partition coefficient (Wildman–Crippen LogP) is 5.16. The molecule has 1 saturated carbocycles. The lowest BCUT2D eigenvalue weighted by Gasteiger charge is -2.19. The third-order valence-electron chi connectivity index (χ3n) is 4.29. The average Bonchev–Trinajstić information content (AvgIpc) is 2.59. The molecule has 0 spiro atoms. The first-order valence-corrected chi connectivity index (χ1v) is 7.61. The van der Waals surface area contributed by atoms with Crippen molar-refractivity contribution in [3.63, 3.8) is 0 Å². The quantitative estimate of drug-likeness (QED) is 0.723. The summed E-state index contributed by atoms with van der Waals surface area (Å²) in [6, 6.07) is 9.34. The molecule has 0 heterocycles. The fraction of sp³-hybridized carbons (Fsp3) is 0.647. The second-order valence-corrected chi connectivity index (χ2v) is 5.82. The molecular formula is C17H27N. The van der Waals surface area contributed by atoms with E-state index >= 15 is 0 Å². The van der Waals surface area contributed by atoms with E-state index < -0.39 is 0 Å². The van der Waals surface area contributed by atoms with Crippen LogP contribution in [0.5, 0.6) is 0 Å². The van der Waals surface area contributed by atoms with Gasteiger partial charge in [-0.05, 0) is 43.7 Å². The second-order valence-electron chi connectivity index (χ2n) is 5.82. The van der Waals surface area contributed by atoms with E-state index in [4.69, 9.17) is 0 Å². The first-order valence-electron chi connectivity index (χ1n) is 7.61. The van der Waals surface area contributed by atoms with Crippen molar-refractivity contribution in [2.75, 3.05) is 5.32 Å². The van der Waals surface area contributed by atoms with Crippen molar-refractivity contribution >= 4 is 5.69 Å². The van der Waals surface area contributed by atoms with E-state index in [1.54, 1.807) is 0 Å². The normalized spacial score (nSPS) is 24.6. The summed E-state index contributed by atoms with van der Waals surface area (Å²) in [5.41, 5.74) is 2.70. The number of rotatable bonds is 4. The molecule has 1 heteroatoms. The molecule has 2 rings (SSSR count). The first kappa shape index (κ1) is 13.5. The molecule has 0 bridgehead atoms. The van der Waals surface area contributed by atoms with Gasteiger partial charge in [0.1, 0.15) is 0 Å². The smallest absolute Gasteiger partial charge is 0.0372 e. The first-order chi connectivity index (χ1) is 8.79. The molecule has 2 unspecified atom stereocenters. The van der Waals surface area contributed by atoms with Crippen LogP contribution >= 0.6 is 0 Å². The molecule has 1 fully saturated rings. The highest BCUT2D eigenvalue weighted by atomic mass is 14.9. The Morgan fingerprint density at radius 2 is 1.94 bits per heavy atom. The van der Waals surface area contributed by atoms with E-state index in [9.17, 15) is 0 Å². The monoisotopic (exact) mass is 245 g/mol. The minimum atomic E-state index is 0.688. The lowest BCUT2D eigenvalue weighted by atomic mass is 9.95. The van der Waals surface area contributed by atoms with Crippen LogP contribution in [0.25, 0.3) is 0 Å². The van der Waals surface area contributed by atoms with E-state index in [-0.39, 0.29) is 0 Å². The third-order valence-corrected chi connectivity index (χ3v) is 4.29. The zero-order valence-electron chi connectivity index (χ0n) is 11.9. The van der Waals surface area contributed by atoms with Crippen LogP contribution in [0.1, 0.15) is 57.4 Å². The lowest BCUT2D eigenvalue weighted by Crippen LogP contribution is -2.19. The molecule has 1 N–H and O–H groups in total. The van der Waals surface area contributed by atoms with Gasteiger partial charge in [0.15, 0.2) is 0 Å². The summed E-state index contributed by atoms with van der Waals surface area (Å²) in [6.07, 6.45) is 9.72. The zero-order chi connectivity index (χ0) is 12.8. The maximum atomic E-state index is 3.75. The highest BCUT2D eigenvalue weighted by Crippen LogP contribution is 2.28. The van der Waals surface area contributed by atoms with E-state index in [1.807, 2.05) is 0 Å². The number of para-hydroxylation sites is 1. The van der Waals surface area contributed by atoms with Gasteiger partial charge in [0.25, 0.3) is 0 Å². The van der Waals surface area contributed by atoms with Crippen LogP contribution in [0.2, 0.25) is 0 Å². The standard InChI is InChI=1S/C17H27N/c1-3-7-15-9-6-10-16(13-12-15)18-17-11-5-4-8-14(17)2/h4-5,8,11,15-16,18H,3,6-7,9-10,12-13H2,1-2H3. The van der Waals surface area contributed by atoms with Gasteiger partial charge < -0.3 is 5.32 Å². The topological polar surface area (TPSA) is 12.0 Å². The molecule has 18 heavy (non-hydrogen) atoms. The van der Waals surface area contributed by atoms with Gasteiger partial charge in [0.05, 0.1) is 0 Å². The van der Waals surface area contributed by atoms with E-state index in [0.29, 0.717) is 6.04 Å². The Labute approximate surface area is 112 Å². The van der Waals surface area contributed by atoms with Gasteiger partial charge in [0, 0.05) is 11.7 Å². The van der Waals surface area contributed by atoms with Crippen LogP contribution in [-0.2, 0) is 0 Å². The second kappa shape index (κ2) is 6.82. The summed E-state index contributed by atoms with van der Waals surface area (Å²) in [4.78, 5) is 0. The Bertz CT molecular complexity index is 358. The molecule has 1 aromatic carbocycles. The van der Waals surface area contributed by atoms with E-state index in [2.05, 4.69) is 43.4 Å². The lowest BCUT2D eigenvalue weighted by molar-refractivity contribution is 0.422. The average molecular weight is 245 g/mol. The van der Waals surface area contributed by atoms with Gasteiger partial charge in [-0.2, -0.15) is 0 Å². The molecule has 0 aliphatic heterocycles. The molecule has 1 aliphatic carbocycles. The molecule has 1 aliphatic rings. The zero-order valence-corrected chi connectivity index (χ0v) is 11.9. The molecule has 1 aromatic rings. The summed E-state index contributed by atoms with van der Waals surface area (Å²) >= 11 is 0. The summed E-state index contributed by atoms with van der Waals surface area (Å²) in [5.74, 6) is 0.985. The van der Waals surface area contributed by atoms with Crippen LogP contribution < -0.4 is 5.32 Å². The maximum absolute atomic E-state index is 3.75. The van der Waals surface area contributed by atoms with Crippen molar-refractivity contribution in [2.45, 2.75) is 64.8 Å². The highest BCUT2D eigenvalue weighted by molar-refractivity contribution is 5.50. The van der Waals surface area contributed by atoms with Crippen molar-refractivity contribution < 1.29 is 0 Å². The summed E-state index contributed by atoms with van der Waals surface area (Å²) < 4.78 is 0. The van der Waals surface area contributed by atoms with Crippen LogP contribution in [0.15, 0.2) is 24.3 Å². The number of hydrogen-bond donors (Lipinski definition) is 1. The van der Waals surface area contributed by atoms with Gasteiger partial charge in [-0.25, -0.2) is 0 Å². The number of nitrogens with one attached hydrogen (secondary N) is 1. The van der Waals surface area contributed by atoms with Gasteiger partial charge >= 0.3 is 0 Å². The Morgan fingerprint density at radius 3 is 2.72 bits per heavy atom. The predicted molar refractivity (Wildman–Crippen MR) is 80.1 cm³/mol. The fourth-order valence-electron chi connectivity index (χ4n) is 3.17. The Kier molecular flexibility index (Phi) is 5.10. The molecule has 0 amide bonds. The number of hydrogen-bond acceptors (Lipinski definition) is 1. The maximum Gasteiger partial charge on any atom is 0.0372 e. The van der Waals surface area contributed by atoms with Crippen molar-refractivity contribution in [3.8, 4) is 0 Å². The van der Waals surface area contributed by atoms with E-state index in [0.717, 1.165) is 5.92 Å². The molecule has 1 nitrogen and oxygen atoms in total. The van der Waals surface area contributed by atoms with Crippen molar-refractivity contribution in [3.05, 3.63) is 29.8 Å². The molecular weight excluding hydrogens is 218 g/mol. The summed E-state index contributed by atoms with van der Waals surface area (Å²) in [5, 5.41) is 3.75. The minimum Gasteiger partial charge on any atom is -0.382 e. The SMILES string of the molecule is CCCC1CCCC(Nc2ccccc2C)CC1.